The van der Waals surface area contributed by atoms with Crippen LogP contribution >= 0.6 is 0 Å². The number of aliphatic hydroxyl groups excluding tert-OH is 1. The molecule has 2 atom stereocenters. The zero-order valence-electron chi connectivity index (χ0n) is 12.9. The molecule has 1 aliphatic heterocycles. The van der Waals surface area contributed by atoms with Crippen LogP contribution < -0.4 is 4.90 Å². The third-order valence-electron chi connectivity index (χ3n) is 4.25. The van der Waals surface area contributed by atoms with E-state index in [2.05, 4.69) is 39.8 Å². The summed E-state index contributed by atoms with van der Waals surface area (Å²) in [7, 11) is 0. The number of aryl methyl sites for hydroxylation is 1. The molecule has 3 rings (SSSR count). The van der Waals surface area contributed by atoms with Crippen molar-refractivity contribution in [3.8, 4) is 0 Å². The Morgan fingerprint density at radius 1 is 1.29 bits per heavy atom. The van der Waals surface area contributed by atoms with Crippen molar-refractivity contribution >= 4 is 11.3 Å². The normalized spacial score (nSPS) is 23.9. The highest BCUT2D eigenvalue weighted by Gasteiger charge is 2.30. The molecule has 2 aromatic heterocycles. The van der Waals surface area contributed by atoms with Gasteiger partial charge in [0.15, 0.2) is 5.82 Å². The van der Waals surface area contributed by atoms with Gasteiger partial charge in [-0.05, 0) is 26.8 Å². The molecule has 114 valence electrons. The fraction of sp³-hybridized carbons (Fsp3) is 0.600. The fourth-order valence-corrected chi connectivity index (χ4v) is 3.36. The van der Waals surface area contributed by atoms with Gasteiger partial charge in [0, 0.05) is 44.1 Å². The second-order valence-corrected chi connectivity index (χ2v) is 5.93. The second-order valence-electron chi connectivity index (χ2n) is 5.93. The first kappa shape index (κ1) is 14.3. The van der Waals surface area contributed by atoms with Gasteiger partial charge >= 0.3 is 0 Å². The lowest BCUT2D eigenvalue weighted by Crippen LogP contribution is -2.57. The summed E-state index contributed by atoms with van der Waals surface area (Å²) >= 11 is 0. The van der Waals surface area contributed by atoms with Crippen LogP contribution in [-0.4, -0.2) is 62.9 Å². The third kappa shape index (κ3) is 2.61. The van der Waals surface area contributed by atoms with Crippen molar-refractivity contribution in [3.63, 3.8) is 0 Å². The first-order chi connectivity index (χ1) is 10.1. The van der Waals surface area contributed by atoms with Crippen molar-refractivity contribution in [2.24, 2.45) is 0 Å². The Balaban J connectivity index is 1.90. The molecule has 1 fully saturated rings. The average Bonchev–Trinajstić information content (AvgIpc) is 2.82. The van der Waals surface area contributed by atoms with Gasteiger partial charge in [-0.1, -0.05) is 0 Å². The number of aliphatic hydroxyl groups is 1. The van der Waals surface area contributed by atoms with Crippen molar-refractivity contribution in [2.45, 2.75) is 32.9 Å². The molecule has 0 spiro atoms. The van der Waals surface area contributed by atoms with E-state index in [1.54, 1.807) is 0 Å². The minimum Gasteiger partial charge on any atom is -0.395 e. The Kier molecular flexibility index (Phi) is 3.82. The molecule has 3 heterocycles. The highest BCUT2D eigenvalue weighted by atomic mass is 16.3. The van der Waals surface area contributed by atoms with Gasteiger partial charge in [0.1, 0.15) is 5.52 Å². The molecular formula is C15H23N5O. The van der Waals surface area contributed by atoms with Gasteiger partial charge in [-0.15, -0.1) is 0 Å². The molecule has 1 aliphatic rings. The highest BCUT2D eigenvalue weighted by Crippen LogP contribution is 2.24. The van der Waals surface area contributed by atoms with Gasteiger partial charge in [0.25, 0.3) is 0 Å². The summed E-state index contributed by atoms with van der Waals surface area (Å²) in [6.45, 7) is 9.20. The average molecular weight is 289 g/mol. The maximum atomic E-state index is 9.20. The van der Waals surface area contributed by atoms with E-state index < -0.39 is 0 Å². The molecule has 0 amide bonds. The highest BCUT2D eigenvalue weighted by molar-refractivity contribution is 5.69. The van der Waals surface area contributed by atoms with Gasteiger partial charge in [-0.3, -0.25) is 4.90 Å². The molecule has 0 aromatic carbocycles. The Bertz CT molecular complexity index is 614. The van der Waals surface area contributed by atoms with Crippen molar-refractivity contribution in [1.82, 2.24) is 19.5 Å². The van der Waals surface area contributed by atoms with Gasteiger partial charge in [0.2, 0.25) is 0 Å². The smallest absolute Gasteiger partial charge is 0.154 e. The van der Waals surface area contributed by atoms with E-state index in [9.17, 15) is 5.11 Å². The summed E-state index contributed by atoms with van der Waals surface area (Å²) in [5, 5.41) is 13.7. The van der Waals surface area contributed by atoms with Gasteiger partial charge < -0.3 is 10.0 Å². The van der Waals surface area contributed by atoms with E-state index in [1.807, 2.05) is 23.8 Å². The van der Waals surface area contributed by atoms with Gasteiger partial charge in [0.05, 0.1) is 12.3 Å². The Morgan fingerprint density at radius 2 is 2.00 bits per heavy atom. The monoisotopic (exact) mass is 289 g/mol. The summed E-state index contributed by atoms with van der Waals surface area (Å²) in [5.41, 5.74) is 2.06. The number of nitrogens with zero attached hydrogens (tertiary/aromatic N) is 5. The van der Waals surface area contributed by atoms with E-state index in [0.29, 0.717) is 12.1 Å². The maximum absolute atomic E-state index is 9.20. The molecule has 2 aromatic rings. The van der Waals surface area contributed by atoms with E-state index >= 15 is 0 Å². The number of β-amino-alcohol motifs (C(OH)–C–C–N with tert-alkyl or cyclic N) is 1. The van der Waals surface area contributed by atoms with E-state index in [0.717, 1.165) is 36.7 Å². The third-order valence-corrected chi connectivity index (χ3v) is 4.25. The molecule has 6 heteroatoms. The zero-order chi connectivity index (χ0) is 15.0. The predicted octanol–water partition coefficient (Wildman–Crippen LogP) is 0.929. The van der Waals surface area contributed by atoms with Crippen LogP contribution in [0, 0.1) is 6.92 Å². The fourth-order valence-electron chi connectivity index (χ4n) is 3.36. The Hall–Kier alpha value is -1.66. The summed E-state index contributed by atoms with van der Waals surface area (Å²) < 4.78 is 1.90. The van der Waals surface area contributed by atoms with Crippen LogP contribution in [0.25, 0.3) is 5.52 Å². The Morgan fingerprint density at radius 3 is 2.67 bits per heavy atom. The lowest BCUT2D eigenvalue weighted by atomic mass is 10.1. The van der Waals surface area contributed by atoms with E-state index in [4.69, 9.17) is 0 Å². The molecule has 0 radical (unpaired) electrons. The lowest BCUT2D eigenvalue weighted by Gasteiger charge is -2.44. The number of aromatic nitrogens is 3. The molecule has 6 nitrogen and oxygen atoms in total. The number of anilines is 1. The standard InChI is InChI=1S/C15H23N5O/c1-11-8-14-15(16-4-5-20(14)17-11)18-9-12(2)19(6-7-21)13(3)10-18/h4-5,8,12-13,21H,6-7,9-10H2,1-3H3/t12-,13+. The topological polar surface area (TPSA) is 56.9 Å². The first-order valence-electron chi connectivity index (χ1n) is 7.52. The van der Waals surface area contributed by atoms with Crippen molar-refractivity contribution in [1.29, 1.82) is 0 Å². The Labute approximate surface area is 125 Å². The van der Waals surface area contributed by atoms with E-state index in [-0.39, 0.29) is 6.61 Å². The SMILES string of the molecule is Cc1cc2c(N3C[C@@H](C)N(CCO)[C@@H](C)C3)nccn2n1. The molecule has 0 unspecified atom stereocenters. The quantitative estimate of drug-likeness (QED) is 0.911. The first-order valence-corrected chi connectivity index (χ1v) is 7.52. The number of piperazine rings is 1. The van der Waals surface area contributed by atoms with Crippen LogP contribution in [0.4, 0.5) is 5.82 Å². The summed E-state index contributed by atoms with van der Waals surface area (Å²) in [6.07, 6.45) is 3.70. The van der Waals surface area contributed by atoms with Crippen LogP contribution in [0.5, 0.6) is 0 Å². The second kappa shape index (κ2) is 5.61. The van der Waals surface area contributed by atoms with Gasteiger partial charge in [-0.25, -0.2) is 9.50 Å². The van der Waals surface area contributed by atoms with Crippen LogP contribution in [0.1, 0.15) is 19.5 Å². The molecule has 0 saturated carbocycles. The van der Waals surface area contributed by atoms with Crippen molar-refractivity contribution in [2.75, 3.05) is 31.1 Å². The number of fused-ring (bicyclic) bond motifs is 1. The molecule has 1 saturated heterocycles. The largest absolute Gasteiger partial charge is 0.395 e. The number of hydrogen-bond donors (Lipinski definition) is 1. The maximum Gasteiger partial charge on any atom is 0.154 e. The van der Waals surface area contributed by atoms with Crippen LogP contribution in [0.15, 0.2) is 18.5 Å². The van der Waals surface area contributed by atoms with Crippen LogP contribution in [0.2, 0.25) is 0 Å². The minimum atomic E-state index is 0.213. The zero-order valence-corrected chi connectivity index (χ0v) is 12.9. The number of rotatable bonds is 3. The predicted molar refractivity (Wildman–Crippen MR) is 82.7 cm³/mol. The van der Waals surface area contributed by atoms with E-state index in [1.165, 1.54) is 0 Å². The summed E-state index contributed by atoms with van der Waals surface area (Å²) in [5.74, 6) is 1.00. The van der Waals surface area contributed by atoms with Crippen LogP contribution in [-0.2, 0) is 0 Å². The lowest BCUT2D eigenvalue weighted by molar-refractivity contribution is 0.103. The molecule has 0 aliphatic carbocycles. The van der Waals surface area contributed by atoms with Crippen molar-refractivity contribution < 1.29 is 5.11 Å². The minimum absolute atomic E-state index is 0.213. The summed E-state index contributed by atoms with van der Waals surface area (Å²) in [6, 6.07) is 2.87. The molecular weight excluding hydrogens is 266 g/mol. The number of hydrogen-bond acceptors (Lipinski definition) is 5. The van der Waals surface area contributed by atoms with Crippen LogP contribution in [0.3, 0.4) is 0 Å². The molecule has 21 heavy (non-hydrogen) atoms. The van der Waals surface area contributed by atoms with Gasteiger partial charge in [-0.2, -0.15) is 5.10 Å². The molecule has 0 bridgehead atoms. The summed E-state index contributed by atoms with van der Waals surface area (Å²) in [4.78, 5) is 9.27. The van der Waals surface area contributed by atoms with Crippen molar-refractivity contribution in [3.05, 3.63) is 24.2 Å². The molecule has 1 N–H and O–H groups in total.